The summed E-state index contributed by atoms with van der Waals surface area (Å²) in [5.74, 6) is 0.815. The van der Waals surface area contributed by atoms with Gasteiger partial charge in [-0.25, -0.2) is 0 Å². The van der Waals surface area contributed by atoms with Crippen molar-refractivity contribution in [3.05, 3.63) is 28.2 Å². The van der Waals surface area contributed by atoms with Crippen molar-refractivity contribution < 1.29 is 9.53 Å². The van der Waals surface area contributed by atoms with Crippen LogP contribution in [0.5, 0.6) is 5.75 Å². The average Bonchev–Trinajstić information content (AvgIpc) is 2.48. The highest BCUT2D eigenvalue weighted by Crippen LogP contribution is 2.25. The molecule has 0 spiro atoms. The molecule has 0 N–H and O–H groups in total. The minimum atomic E-state index is 0.0758. The molecule has 1 saturated heterocycles. The van der Waals surface area contributed by atoms with Crippen molar-refractivity contribution in [2.75, 3.05) is 32.7 Å². The third kappa shape index (κ3) is 4.20. The van der Waals surface area contributed by atoms with Crippen LogP contribution in [0.15, 0.2) is 22.7 Å². The van der Waals surface area contributed by atoms with Gasteiger partial charge in [0.1, 0.15) is 5.75 Å². The van der Waals surface area contributed by atoms with Crippen LogP contribution in [0.2, 0.25) is 0 Å². The lowest BCUT2D eigenvalue weighted by Gasteiger charge is -2.34. The Morgan fingerprint density at radius 1 is 1.29 bits per heavy atom. The zero-order valence-electron chi connectivity index (χ0n) is 12.9. The van der Waals surface area contributed by atoms with Gasteiger partial charge in [0.25, 0.3) is 5.91 Å². The lowest BCUT2D eigenvalue weighted by Crippen LogP contribution is -2.48. The second kappa shape index (κ2) is 7.27. The summed E-state index contributed by atoms with van der Waals surface area (Å²) in [4.78, 5) is 17.0. The van der Waals surface area contributed by atoms with Gasteiger partial charge in [-0.15, -0.1) is 0 Å². The van der Waals surface area contributed by atoms with Gasteiger partial charge in [0.05, 0.1) is 11.7 Å². The van der Waals surface area contributed by atoms with E-state index in [0.29, 0.717) is 5.56 Å². The third-order valence-corrected chi connectivity index (χ3v) is 4.34. The molecule has 0 aliphatic carbocycles. The smallest absolute Gasteiger partial charge is 0.255 e. The zero-order valence-corrected chi connectivity index (χ0v) is 14.5. The Morgan fingerprint density at radius 3 is 2.52 bits per heavy atom. The van der Waals surface area contributed by atoms with Crippen molar-refractivity contribution in [1.29, 1.82) is 0 Å². The highest BCUT2D eigenvalue weighted by molar-refractivity contribution is 9.10. The van der Waals surface area contributed by atoms with Crippen LogP contribution >= 0.6 is 15.9 Å². The van der Waals surface area contributed by atoms with Gasteiger partial charge in [0.2, 0.25) is 0 Å². The molecule has 0 radical (unpaired) electrons. The number of amides is 1. The van der Waals surface area contributed by atoms with Gasteiger partial charge >= 0.3 is 0 Å². The van der Waals surface area contributed by atoms with Gasteiger partial charge in [-0.3, -0.25) is 4.79 Å². The molecule has 0 bridgehead atoms. The lowest BCUT2D eigenvalue weighted by atomic mass is 10.1. The molecule has 1 heterocycles. The van der Waals surface area contributed by atoms with Gasteiger partial charge in [0.15, 0.2) is 0 Å². The van der Waals surface area contributed by atoms with Gasteiger partial charge < -0.3 is 14.5 Å². The largest absolute Gasteiger partial charge is 0.491 e. The first kappa shape index (κ1) is 16.3. The quantitative estimate of drug-likeness (QED) is 0.832. The number of rotatable bonds is 4. The van der Waals surface area contributed by atoms with E-state index in [-0.39, 0.29) is 12.0 Å². The molecule has 2 rings (SSSR count). The first-order valence-corrected chi connectivity index (χ1v) is 8.28. The Bertz CT molecular complexity index is 497. The minimum Gasteiger partial charge on any atom is -0.491 e. The highest BCUT2D eigenvalue weighted by Gasteiger charge is 2.23. The maximum absolute atomic E-state index is 12.7. The number of likely N-dealkylation sites (N-methyl/N-ethyl adjacent to an activating group) is 1. The zero-order chi connectivity index (χ0) is 15.4. The summed E-state index contributed by atoms with van der Waals surface area (Å²) in [6.07, 6.45) is 0.0993. The number of ether oxygens (including phenoxy) is 1. The van der Waals surface area contributed by atoms with Gasteiger partial charge in [-0.05, 0) is 54.5 Å². The molecule has 4 nitrogen and oxygen atoms in total. The summed E-state index contributed by atoms with van der Waals surface area (Å²) in [5, 5.41) is 0. The Morgan fingerprint density at radius 2 is 1.95 bits per heavy atom. The van der Waals surface area contributed by atoms with Gasteiger partial charge in [-0.1, -0.05) is 6.92 Å². The molecule has 0 aromatic heterocycles. The Labute approximate surface area is 135 Å². The van der Waals surface area contributed by atoms with Crippen molar-refractivity contribution in [3.63, 3.8) is 0 Å². The highest BCUT2D eigenvalue weighted by atomic mass is 79.9. The molecule has 1 aliphatic rings. The standard InChI is InChI=1S/C16H23BrN2O2/c1-4-18-7-9-19(10-8-18)16(20)14-11-13(21-12(2)3)5-6-15(14)17/h5-6,11-12H,4,7-10H2,1-3H3. The van der Waals surface area contributed by atoms with Crippen LogP contribution in [-0.2, 0) is 0 Å². The molecule has 0 unspecified atom stereocenters. The molecule has 5 heteroatoms. The fourth-order valence-corrected chi connectivity index (χ4v) is 2.87. The normalized spacial score (nSPS) is 16.3. The van der Waals surface area contributed by atoms with E-state index >= 15 is 0 Å². The van der Waals surface area contributed by atoms with Crippen molar-refractivity contribution >= 4 is 21.8 Å². The summed E-state index contributed by atoms with van der Waals surface area (Å²) in [7, 11) is 0. The molecular weight excluding hydrogens is 332 g/mol. The van der Waals surface area contributed by atoms with Gasteiger partial charge in [0, 0.05) is 30.7 Å². The van der Waals surface area contributed by atoms with Crippen molar-refractivity contribution in [2.24, 2.45) is 0 Å². The molecule has 1 aromatic carbocycles. The maximum atomic E-state index is 12.7. The number of carbonyl (C=O) groups is 1. The van der Waals surface area contributed by atoms with Crippen LogP contribution in [-0.4, -0.2) is 54.5 Å². The number of piperazine rings is 1. The topological polar surface area (TPSA) is 32.8 Å². The van der Waals surface area contributed by atoms with E-state index in [1.54, 1.807) is 0 Å². The second-order valence-electron chi connectivity index (χ2n) is 5.53. The summed E-state index contributed by atoms with van der Waals surface area (Å²) in [5.41, 5.74) is 0.679. The monoisotopic (exact) mass is 354 g/mol. The SMILES string of the molecule is CCN1CCN(C(=O)c2cc(OC(C)C)ccc2Br)CC1. The van der Waals surface area contributed by atoms with E-state index in [4.69, 9.17) is 4.74 Å². The summed E-state index contributed by atoms with van der Waals surface area (Å²) >= 11 is 3.48. The van der Waals surface area contributed by atoms with E-state index < -0.39 is 0 Å². The third-order valence-electron chi connectivity index (χ3n) is 3.65. The van der Waals surface area contributed by atoms with Crippen LogP contribution < -0.4 is 4.74 Å². The molecule has 21 heavy (non-hydrogen) atoms. The molecule has 1 aromatic rings. The van der Waals surface area contributed by atoms with Crippen LogP contribution in [0.1, 0.15) is 31.1 Å². The molecule has 1 amide bonds. The fourth-order valence-electron chi connectivity index (χ4n) is 2.45. The Hall–Kier alpha value is -1.07. The first-order chi connectivity index (χ1) is 10.0. The van der Waals surface area contributed by atoms with E-state index in [1.165, 1.54) is 0 Å². The molecule has 0 atom stereocenters. The Kier molecular flexibility index (Phi) is 5.65. The summed E-state index contributed by atoms with van der Waals surface area (Å²) < 4.78 is 6.50. The molecular formula is C16H23BrN2O2. The van der Waals surface area contributed by atoms with E-state index in [0.717, 1.165) is 42.9 Å². The average molecular weight is 355 g/mol. The second-order valence-corrected chi connectivity index (χ2v) is 6.39. The number of hydrogen-bond donors (Lipinski definition) is 0. The Balaban J connectivity index is 2.11. The van der Waals surface area contributed by atoms with E-state index in [1.807, 2.05) is 36.9 Å². The van der Waals surface area contributed by atoms with Crippen LogP contribution in [0.25, 0.3) is 0 Å². The number of benzene rings is 1. The predicted molar refractivity (Wildman–Crippen MR) is 87.9 cm³/mol. The lowest BCUT2D eigenvalue weighted by molar-refractivity contribution is 0.0642. The maximum Gasteiger partial charge on any atom is 0.255 e. The molecule has 0 saturated carbocycles. The number of nitrogens with zero attached hydrogens (tertiary/aromatic N) is 2. The van der Waals surface area contributed by atoms with Crippen molar-refractivity contribution in [3.8, 4) is 5.75 Å². The molecule has 1 fully saturated rings. The number of hydrogen-bond acceptors (Lipinski definition) is 3. The molecule has 1 aliphatic heterocycles. The van der Waals surface area contributed by atoms with Crippen LogP contribution in [0.3, 0.4) is 0 Å². The van der Waals surface area contributed by atoms with Crippen molar-refractivity contribution in [1.82, 2.24) is 9.80 Å². The van der Waals surface area contributed by atoms with E-state index in [9.17, 15) is 4.79 Å². The van der Waals surface area contributed by atoms with E-state index in [2.05, 4.69) is 27.8 Å². The fraction of sp³-hybridized carbons (Fsp3) is 0.562. The van der Waals surface area contributed by atoms with Crippen LogP contribution in [0, 0.1) is 0 Å². The first-order valence-electron chi connectivity index (χ1n) is 7.49. The number of carbonyl (C=O) groups excluding carboxylic acids is 1. The van der Waals surface area contributed by atoms with Crippen molar-refractivity contribution in [2.45, 2.75) is 26.9 Å². The minimum absolute atomic E-state index is 0.0758. The van der Waals surface area contributed by atoms with Crippen LogP contribution in [0.4, 0.5) is 0 Å². The summed E-state index contributed by atoms with van der Waals surface area (Å²) in [6.45, 7) is 10.6. The molecule has 116 valence electrons. The van der Waals surface area contributed by atoms with Gasteiger partial charge in [-0.2, -0.15) is 0 Å². The number of halogens is 1. The summed E-state index contributed by atoms with van der Waals surface area (Å²) in [6, 6.07) is 5.60. The predicted octanol–water partition coefficient (Wildman–Crippen LogP) is 3.01.